The van der Waals surface area contributed by atoms with Gasteiger partial charge in [-0.3, -0.25) is 14.5 Å². The number of halogens is 1. The number of methoxy groups -OCH3 is 1. The third-order valence-corrected chi connectivity index (χ3v) is 7.54. The van der Waals surface area contributed by atoms with E-state index in [1.54, 1.807) is 25.1 Å². The third-order valence-electron chi connectivity index (χ3n) is 5.80. The number of allylic oxidation sites excluding steroid dienone is 1. The van der Waals surface area contributed by atoms with Crippen LogP contribution in [0.3, 0.4) is 0 Å². The minimum absolute atomic E-state index is 0.00709. The molecule has 1 unspecified atom stereocenters. The maximum absolute atomic E-state index is 13.5. The van der Waals surface area contributed by atoms with Crippen LogP contribution in [0.4, 0.5) is 5.13 Å². The molecule has 0 bridgehead atoms. The quantitative estimate of drug-likeness (QED) is 0.186. The SMILES string of the molecule is C=CCOC(=O)c1sc(N2C(=O)C(O)=C(C(=O)C=Cc3ccccc3)C2c2cc(Br)c(O)c(OC)c2)nc1C. The number of esters is 1. The predicted octanol–water partition coefficient (Wildman–Crippen LogP) is 5.45. The van der Waals surface area contributed by atoms with E-state index in [1.807, 2.05) is 18.2 Å². The largest absolute Gasteiger partial charge is 0.503 e. The Morgan fingerprint density at radius 1 is 1.23 bits per heavy atom. The molecule has 2 heterocycles. The van der Waals surface area contributed by atoms with Crippen LogP contribution in [0.1, 0.15) is 32.5 Å². The van der Waals surface area contributed by atoms with E-state index in [9.17, 15) is 24.6 Å². The van der Waals surface area contributed by atoms with Crippen LogP contribution >= 0.6 is 27.3 Å². The van der Waals surface area contributed by atoms with Crippen LogP contribution < -0.4 is 9.64 Å². The molecule has 3 aromatic rings. The fourth-order valence-corrected chi connectivity index (χ4v) is 5.42. The number of aliphatic hydroxyl groups excluding tert-OH is 1. The van der Waals surface area contributed by atoms with E-state index in [4.69, 9.17) is 9.47 Å². The summed E-state index contributed by atoms with van der Waals surface area (Å²) in [6.45, 7) is 5.10. The van der Waals surface area contributed by atoms with Crippen LogP contribution in [-0.4, -0.2) is 46.6 Å². The monoisotopic (exact) mass is 610 g/mol. The number of hydrogen-bond donors (Lipinski definition) is 2. The lowest BCUT2D eigenvalue weighted by molar-refractivity contribution is -0.117. The zero-order valence-corrected chi connectivity index (χ0v) is 23.3. The number of aryl methyl sites for hydroxylation is 1. The van der Waals surface area contributed by atoms with Crippen molar-refractivity contribution in [3.63, 3.8) is 0 Å². The van der Waals surface area contributed by atoms with Crippen LogP contribution in [0.15, 0.2) is 77.0 Å². The molecule has 0 radical (unpaired) electrons. The lowest BCUT2D eigenvalue weighted by Crippen LogP contribution is -2.31. The van der Waals surface area contributed by atoms with Crippen LogP contribution in [0, 0.1) is 6.92 Å². The highest BCUT2D eigenvalue weighted by molar-refractivity contribution is 9.10. The number of amides is 1. The maximum Gasteiger partial charge on any atom is 0.350 e. The van der Waals surface area contributed by atoms with Crippen molar-refractivity contribution in [3.05, 3.63) is 98.7 Å². The first-order chi connectivity index (χ1) is 18.7. The van der Waals surface area contributed by atoms with E-state index in [0.29, 0.717) is 11.3 Å². The van der Waals surface area contributed by atoms with Crippen molar-refractivity contribution in [2.75, 3.05) is 18.6 Å². The normalized spacial score (nSPS) is 15.2. The number of benzene rings is 2. The van der Waals surface area contributed by atoms with Crippen LogP contribution in [0.25, 0.3) is 6.08 Å². The van der Waals surface area contributed by atoms with E-state index < -0.39 is 29.5 Å². The predicted molar refractivity (Wildman–Crippen MR) is 150 cm³/mol. The molecule has 1 atom stereocenters. The fourth-order valence-electron chi connectivity index (χ4n) is 3.98. The van der Waals surface area contributed by atoms with Crippen molar-refractivity contribution >= 4 is 56.1 Å². The number of carbonyl (C=O) groups excluding carboxylic acids is 3. The minimum atomic E-state index is -1.15. The summed E-state index contributed by atoms with van der Waals surface area (Å²) >= 11 is 4.16. The molecule has 0 saturated heterocycles. The summed E-state index contributed by atoms with van der Waals surface area (Å²) in [5.41, 5.74) is 1.20. The molecule has 200 valence electrons. The summed E-state index contributed by atoms with van der Waals surface area (Å²) in [5, 5.41) is 21.4. The van der Waals surface area contributed by atoms with Gasteiger partial charge in [0.1, 0.15) is 11.5 Å². The zero-order chi connectivity index (χ0) is 28.3. The molecule has 1 aliphatic rings. The van der Waals surface area contributed by atoms with Gasteiger partial charge in [-0.25, -0.2) is 9.78 Å². The fraction of sp³-hybridized carbons (Fsp3) is 0.143. The Kier molecular flexibility index (Phi) is 8.32. The molecule has 0 spiro atoms. The van der Waals surface area contributed by atoms with Crippen molar-refractivity contribution in [1.82, 2.24) is 4.98 Å². The standard InChI is InChI=1S/C28H23BrN2O7S/c1-4-12-38-27(36)25-15(2)30-28(39-25)31-22(17-13-18(29)23(33)20(14-17)37-3)21(24(34)26(31)35)19(32)11-10-16-8-6-5-7-9-16/h4-11,13-14,22,33-34H,1,12H2,2-3H3. The van der Waals surface area contributed by atoms with E-state index >= 15 is 0 Å². The second kappa shape index (κ2) is 11.7. The zero-order valence-electron chi connectivity index (χ0n) is 20.9. The molecule has 0 saturated carbocycles. The van der Waals surface area contributed by atoms with Gasteiger partial charge in [0, 0.05) is 0 Å². The lowest BCUT2D eigenvalue weighted by Gasteiger charge is -2.25. The van der Waals surface area contributed by atoms with Crippen molar-refractivity contribution in [3.8, 4) is 11.5 Å². The molecule has 2 N–H and O–H groups in total. The molecular formula is C28H23BrN2O7S. The molecule has 4 rings (SSSR count). The van der Waals surface area contributed by atoms with E-state index in [1.165, 1.54) is 31.4 Å². The molecule has 1 amide bonds. The summed E-state index contributed by atoms with van der Waals surface area (Å²) in [7, 11) is 1.36. The second-order valence-electron chi connectivity index (χ2n) is 8.30. The van der Waals surface area contributed by atoms with Gasteiger partial charge in [0.25, 0.3) is 5.91 Å². The number of aliphatic hydroxyl groups is 1. The first-order valence-electron chi connectivity index (χ1n) is 11.5. The van der Waals surface area contributed by atoms with Gasteiger partial charge in [0.05, 0.1) is 28.9 Å². The number of anilines is 1. The molecule has 1 aliphatic heterocycles. The first kappa shape index (κ1) is 27.8. The Balaban J connectivity index is 1.84. The highest BCUT2D eigenvalue weighted by atomic mass is 79.9. The summed E-state index contributed by atoms with van der Waals surface area (Å²) in [6, 6.07) is 10.9. The van der Waals surface area contributed by atoms with E-state index in [2.05, 4.69) is 27.5 Å². The van der Waals surface area contributed by atoms with Crippen LogP contribution in [0.5, 0.6) is 11.5 Å². The molecule has 39 heavy (non-hydrogen) atoms. The number of phenols is 1. The summed E-state index contributed by atoms with van der Waals surface area (Å²) in [4.78, 5) is 45.1. The number of nitrogens with zero attached hydrogens (tertiary/aromatic N) is 2. The molecule has 0 fully saturated rings. The Morgan fingerprint density at radius 2 is 1.95 bits per heavy atom. The number of rotatable bonds is 9. The van der Waals surface area contributed by atoms with Gasteiger partial charge < -0.3 is 19.7 Å². The van der Waals surface area contributed by atoms with E-state index in [-0.39, 0.29) is 38.2 Å². The summed E-state index contributed by atoms with van der Waals surface area (Å²) in [6.07, 6.45) is 4.26. The van der Waals surface area contributed by atoms with Crippen molar-refractivity contribution < 1.29 is 34.1 Å². The van der Waals surface area contributed by atoms with Gasteiger partial charge in [-0.05, 0) is 52.2 Å². The molecule has 0 aliphatic carbocycles. The van der Waals surface area contributed by atoms with Crippen molar-refractivity contribution in [2.45, 2.75) is 13.0 Å². The number of phenolic OH excluding ortho intramolecular Hbond substituents is 1. The van der Waals surface area contributed by atoms with Gasteiger partial charge in [-0.15, -0.1) is 0 Å². The Hall–Kier alpha value is -4.22. The number of aromatic nitrogens is 1. The summed E-state index contributed by atoms with van der Waals surface area (Å²) < 4.78 is 10.6. The molecule has 2 aromatic carbocycles. The lowest BCUT2D eigenvalue weighted by atomic mass is 9.95. The number of ether oxygens (including phenoxy) is 2. The van der Waals surface area contributed by atoms with Crippen molar-refractivity contribution in [2.24, 2.45) is 0 Å². The molecular weight excluding hydrogens is 588 g/mol. The number of ketones is 1. The maximum atomic E-state index is 13.5. The molecule has 9 nitrogen and oxygen atoms in total. The Morgan fingerprint density at radius 3 is 2.62 bits per heavy atom. The third kappa shape index (κ3) is 5.50. The average Bonchev–Trinajstić information content (AvgIpc) is 3.44. The van der Waals surface area contributed by atoms with E-state index in [0.717, 1.165) is 21.8 Å². The number of thiazole rings is 1. The smallest absolute Gasteiger partial charge is 0.350 e. The number of carbonyl (C=O) groups is 3. The Bertz CT molecular complexity index is 1530. The minimum Gasteiger partial charge on any atom is -0.503 e. The average molecular weight is 611 g/mol. The Labute approximate surface area is 236 Å². The highest BCUT2D eigenvalue weighted by Crippen LogP contribution is 2.46. The van der Waals surface area contributed by atoms with Gasteiger partial charge in [-0.2, -0.15) is 0 Å². The number of aromatic hydroxyl groups is 1. The summed E-state index contributed by atoms with van der Waals surface area (Å²) in [5.74, 6) is -2.99. The second-order valence-corrected chi connectivity index (χ2v) is 10.1. The van der Waals surface area contributed by atoms with Gasteiger partial charge >= 0.3 is 5.97 Å². The van der Waals surface area contributed by atoms with Gasteiger partial charge in [-0.1, -0.05) is 60.4 Å². The van der Waals surface area contributed by atoms with Crippen LogP contribution in [-0.2, 0) is 14.3 Å². The van der Waals surface area contributed by atoms with Crippen molar-refractivity contribution in [1.29, 1.82) is 0 Å². The molecule has 1 aromatic heterocycles. The molecule has 11 heteroatoms. The number of hydrogen-bond acceptors (Lipinski definition) is 9. The van der Waals surface area contributed by atoms with Gasteiger partial charge in [0.2, 0.25) is 0 Å². The van der Waals surface area contributed by atoms with Crippen LogP contribution in [0.2, 0.25) is 0 Å². The first-order valence-corrected chi connectivity index (χ1v) is 13.1. The topological polar surface area (TPSA) is 126 Å². The highest BCUT2D eigenvalue weighted by Gasteiger charge is 2.46. The van der Waals surface area contributed by atoms with Gasteiger partial charge in [0.15, 0.2) is 28.2 Å².